The summed E-state index contributed by atoms with van der Waals surface area (Å²) in [5.74, 6) is -0.409. The average Bonchev–Trinajstić information content (AvgIpc) is 3.13. The number of nitrogens with one attached hydrogen (secondary N) is 2. The largest absolute Gasteiger partial charge is 0.465 e. The van der Waals surface area contributed by atoms with Gasteiger partial charge in [0.15, 0.2) is 0 Å². The maximum atomic E-state index is 13.2. The van der Waals surface area contributed by atoms with E-state index in [1.165, 1.54) is 7.11 Å². The van der Waals surface area contributed by atoms with E-state index in [4.69, 9.17) is 4.74 Å². The van der Waals surface area contributed by atoms with Gasteiger partial charge < -0.3 is 10.1 Å². The molecule has 0 bridgehead atoms. The van der Waals surface area contributed by atoms with E-state index >= 15 is 0 Å². The SMILES string of the molecule is COC(=O)c1ccc(NC2c3cccc4cccc(c34)C2NS(=O)(=O)c2ccccc2)cc1. The zero-order valence-electron chi connectivity index (χ0n) is 17.9. The summed E-state index contributed by atoms with van der Waals surface area (Å²) < 4.78 is 34.1. The Bertz CT molecular complexity index is 1430. The van der Waals surface area contributed by atoms with Crippen LogP contribution in [0.1, 0.15) is 33.6 Å². The summed E-state index contributed by atoms with van der Waals surface area (Å²) in [7, 11) is -2.41. The third-order valence-electron chi connectivity index (χ3n) is 5.94. The van der Waals surface area contributed by atoms with Gasteiger partial charge in [0.1, 0.15) is 0 Å². The molecule has 0 aliphatic heterocycles. The van der Waals surface area contributed by atoms with Crippen molar-refractivity contribution in [2.24, 2.45) is 0 Å². The molecule has 2 atom stereocenters. The topological polar surface area (TPSA) is 84.5 Å². The Labute approximate surface area is 192 Å². The van der Waals surface area contributed by atoms with Crippen LogP contribution in [0.15, 0.2) is 95.9 Å². The lowest BCUT2D eigenvalue weighted by Crippen LogP contribution is -2.33. The summed E-state index contributed by atoms with van der Waals surface area (Å²) in [5.41, 5.74) is 3.15. The molecule has 33 heavy (non-hydrogen) atoms. The molecule has 6 nitrogen and oxygen atoms in total. The Morgan fingerprint density at radius 3 is 2.06 bits per heavy atom. The van der Waals surface area contributed by atoms with Crippen LogP contribution in [0.3, 0.4) is 0 Å². The Balaban J connectivity index is 1.54. The summed E-state index contributed by atoms with van der Waals surface area (Å²) in [5, 5.41) is 5.58. The average molecular weight is 459 g/mol. The van der Waals surface area contributed by atoms with Crippen molar-refractivity contribution in [1.82, 2.24) is 4.72 Å². The first-order valence-corrected chi connectivity index (χ1v) is 12.0. The van der Waals surface area contributed by atoms with Gasteiger partial charge in [-0.05, 0) is 58.3 Å². The number of anilines is 1. The van der Waals surface area contributed by atoms with Crippen LogP contribution >= 0.6 is 0 Å². The Kier molecular flexibility index (Phi) is 5.36. The highest BCUT2D eigenvalue weighted by atomic mass is 32.2. The summed E-state index contributed by atoms with van der Waals surface area (Å²) in [4.78, 5) is 12.0. The Hall–Kier alpha value is -3.68. The quantitative estimate of drug-likeness (QED) is 0.405. The van der Waals surface area contributed by atoms with Gasteiger partial charge in [-0.15, -0.1) is 0 Å². The molecule has 2 unspecified atom stereocenters. The third kappa shape index (κ3) is 3.86. The molecule has 1 aliphatic rings. The normalized spacial score (nSPS) is 17.1. The van der Waals surface area contributed by atoms with Crippen molar-refractivity contribution in [3.05, 3.63) is 108 Å². The van der Waals surface area contributed by atoms with Crippen LogP contribution in [0.4, 0.5) is 5.69 Å². The van der Waals surface area contributed by atoms with Crippen molar-refractivity contribution in [2.75, 3.05) is 12.4 Å². The number of hydrogen-bond donors (Lipinski definition) is 2. The fraction of sp³-hybridized carbons (Fsp3) is 0.115. The van der Waals surface area contributed by atoms with Crippen LogP contribution in [0.5, 0.6) is 0 Å². The predicted molar refractivity (Wildman–Crippen MR) is 128 cm³/mol. The Morgan fingerprint density at radius 1 is 0.788 bits per heavy atom. The number of ether oxygens (including phenoxy) is 1. The first kappa shape index (κ1) is 21.2. The molecule has 0 radical (unpaired) electrons. The maximum absolute atomic E-state index is 13.2. The third-order valence-corrected chi connectivity index (χ3v) is 7.39. The second-order valence-corrected chi connectivity index (χ2v) is 9.61. The molecule has 0 amide bonds. The second kappa shape index (κ2) is 8.35. The number of carbonyl (C=O) groups excluding carboxylic acids is 1. The first-order valence-electron chi connectivity index (χ1n) is 10.5. The Morgan fingerprint density at radius 2 is 1.42 bits per heavy atom. The summed E-state index contributed by atoms with van der Waals surface area (Å²) >= 11 is 0. The molecule has 0 fully saturated rings. The number of benzene rings is 4. The first-order chi connectivity index (χ1) is 16.0. The summed E-state index contributed by atoms with van der Waals surface area (Å²) in [6.07, 6.45) is 0. The molecule has 166 valence electrons. The van der Waals surface area contributed by atoms with Crippen LogP contribution in [0.2, 0.25) is 0 Å². The molecule has 2 N–H and O–H groups in total. The van der Waals surface area contributed by atoms with E-state index in [1.54, 1.807) is 54.6 Å². The maximum Gasteiger partial charge on any atom is 0.337 e. The van der Waals surface area contributed by atoms with Crippen LogP contribution in [0, 0.1) is 0 Å². The van der Waals surface area contributed by atoms with Crippen molar-refractivity contribution in [1.29, 1.82) is 0 Å². The molecule has 1 aliphatic carbocycles. The molecule has 0 saturated heterocycles. The van der Waals surface area contributed by atoms with Gasteiger partial charge in [0.2, 0.25) is 10.0 Å². The summed E-state index contributed by atoms with van der Waals surface area (Å²) in [6.45, 7) is 0. The van der Waals surface area contributed by atoms with Gasteiger partial charge in [-0.25, -0.2) is 17.9 Å². The van der Waals surface area contributed by atoms with Crippen molar-refractivity contribution in [3.63, 3.8) is 0 Å². The highest BCUT2D eigenvalue weighted by Gasteiger charge is 2.37. The molecule has 0 heterocycles. The van der Waals surface area contributed by atoms with Crippen molar-refractivity contribution in [2.45, 2.75) is 17.0 Å². The van der Waals surface area contributed by atoms with Crippen LogP contribution in [-0.2, 0) is 14.8 Å². The van der Waals surface area contributed by atoms with Crippen molar-refractivity contribution in [3.8, 4) is 0 Å². The van der Waals surface area contributed by atoms with Crippen molar-refractivity contribution < 1.29 is 17.9 Å². The van der Waals surface area contributed by atoms with Gasteiger partial charge in [0, 0.05) is 5.69 Å². The minimum Gasteiger partial charge on any atom is -0.465 e. The van der Waals surface area contributed by atoms with Gasteiger partial charge >= 0.3 is 5.97 Å². The number of esters is 1. The molecule has 5 rings (SSSR count). The van der Waals surface area contributed by atoms with Crippen molar-refractivity contribution >= 4 is 32.5 Å². The van der Waals surface area contributed by atoms with E-state index in [-0.39, 0.29) is 10.9 Å². The second-order valence-electron chi connectivity index (χ2n) is 7.90. The standard InChI is InChI=1S/C26H22N2O4S/c1-32-26(29)18-13-15-19(16-14-18)27-24-21-11-5-7-17-8-6-12-22(23(17)21)25(24)28-33(30,31)20-9-3-2-4-10-20/h2-16,24-25,27-28H,1H3. The van der Waals surface area contributed by atoms with E-state index in [9.17, 15) is 13.2 Å². The molecular weight excluding hydrogens is 436 g/mol. The zero-order valence-corrected chi connectivity index (χ0v) is 18.7. The molecule has 0 spiro atoms. The molecule has 0 aromatic heterocycles. The lowest BCUT2D eigenvalue weighted by molar-refractivity contribution is 0.0600. The smallest absolute Gasteiger partial charge is 0.337 e. The number of carbonyl (C=O) groups is 1. The van der Waals surface area contributed by atoms with Crippen LogP contribution in [0.25, 0.3) is 10.8 Å². The van der Waals surface area contributed by atoms with Gasteiger partial charge in [-0.3, -0.25) is 0 Å². The molecule has 4 aromatic carbocycles. The molecule has 7 heteroatoms. The van der Waals surface area contributed by atoms with Gasteiger partial charge in [-0.2, -0.15) is 0 Å². The van der Waals surface area contributed by atoms with E-state index < -0.39 is 22.0 Å². The number of sulfonamides is 1. The fourth-order valence-electron chi connectivity index (χ4n) is 4.40. The monoisotopic (exact) mass is 458 g/mol. The summed E-state index contributed by atoms with van der Waals surface area (Å²) in [6, 6.07) is 26.4. The van der Waals surface area contributed by atoms with Gasteiger partial charge in [-0.1, -0.05) is 54.6 Å². The van der Waals surface area contributed by atoms with Gasteiger partial charge in [0.25, 0.3) is 0 Å². The molecule has 0 saturated carbocycles. The molecular formula is C26H22N2O4S. The van der Waals surface area contributed by atoms with Gasteiger partial charge in [0.05, 0.1) is 29.7 Å². The minimum absolute atomic E-state index is 0.217. The number of methoxy groups -OCH3 is 1. The number of hydrogen-bond acceptors (Lipinski definition) is 5. The fourth-order valence-corrected chi connectivity index (χ4v) is 5.65. The van der Waals surface area contributed by atoms with Crippen LogP contribution < -0.4 is 10.0 Å². The van der Waals surface area contributed by atoms with E-state index in [0.29, 0.717) is 5.56 Å². The van der Waals surface area contributed by atoms with Crippen LogP contribution in [-0.4, -0.2) is 21.5 Å². The van der Waals surface area contributed by atoms with E-state index in [2.05, 4.69) is 10.0 Å². The highest BCUT2D eigenvalue weighted by molar-refractivity contribution is 7.89. The predicted octanol–water partition coefficient (Wildman–Crippen LogP) is 4.81. The highest BCUT2D eigenvalue weighted by Crippen LogP contribution is 2.46. The van der Waals surface area contributed by atoms with E-state index in [1.807, 2.05) is 36.4 Å². The lowest BCUT2D eigenvalue weighted by Gasteiger charge is -2.25. The lowest BCUT2D eigenvalue weighted by atomic mass is 10.0. The minimum atomic E-state index is -3.76. The molecule has 4 aromatic rings. The zero-order chi connectivity index (χ0) is 23.0. The van der Waals surface area contributed by atoms with E-state index in [0.717, 1.165) is 27.6 Å². The number of rotatable bonds is 6.